The van der Waals surface area contributed by atoms with E-state index in [-0.39, 0.29) is 0 Å². The topological polar surface area (TPSA) is 49.9 Å². The summed E-state index contributed by atoms with van der Waals surface area (Å²) in [4.78, 5) is 1.31. The third-order valence-electron chi connectivity index (χ3n) is 3.79. The van der Waals surface area contributed by atoms with E-state index in [1.807, 2.05) is 11.8 Å². The summed E-state index contributed by atoms with van der Waals surface area (Å²) >= 11 is 1.89. The van der Waals surface area contributed by atoms with Gasteiger partial charge in [0, 0.05) is 17.1 Å². The Morgan fingerprint density at radius 1 is 1.16 bits per heavy atom. The van der Waals surface area contributed by atoms with Gasteiger partial charge in [0.15, 0.2) is 0 Å². The Bertz CT molecular complexity index is 617. The van der Waals surface area contributed by atoms with E-state index < -0.39 is 0 Å². The van der Waals surface area contributed by atoms with E-state index in [1.54, 1.807) is 0 Å². The van der Waals surface area contributed by atoms with E-state index in [1.165, 1.54) is 28.5 Å². The Morgan fingerprint density at radius 2 is 1.89 bits per heavy atom. The van der Waals surface area contributed by atoms with Gasteiger partial charge in [-0.05, 0) is 41.2 Å². The molecule has 98 valence electrons. The molecule has 19 heavy (non-hydrogen) atoms. The highest BCUT2D eigenvalue weighted by Gasteiger charge is 2.42. The second-order valence-corrected chi connectivity index (χ2v) is 6.55. The van der Waals surface area contributed by atoms with Gasteiger partial charge < -0.3 is 5.73 Å². The van der Waals surface area contributed by atoms with E-state index in [2.05, 4.69) is 42.5 Å². The first-order valence-corrected chi connectivity index (χ1v) is 7.60. The SMILES string of the molecule is N=C(N)CC1(CSc2ccc3ccccc3c2)CC1. The van der Waals surface area contributed by atoms with Gasteiger partial charge in [-0.25, -0.2) is 0 Å². The Kier molecular flexibility index (Phi) is 3.23. The molecule has 3 heteroatoms. The van der Waals surface area contributed by atoms with Crippen molar-refractivity contribution < 1.29 is 0 Å². The smallest absolute Gasteiger partial charge is 0.0911 e. The van der Waals surface area contributed by atoms with Gasteiger partial charge in [0.05, 0.1) is 5.84 Å². The van der Waals surface area contributed by atoms with Gasteiger partial charge in [-0.3, -0.25) is 5.41 Å². The number of hydrogen-bond donors (Lipinski definition) is 2. The summed E-state index contributed by atoms with van der Waals surface area (Å²) in [5, 5.41) is 10.0. The molecule has 0 bridgehead atoms. The van der Waals surface area contributed by atoms with Crippen LogP contribution in [0.3, 0.4) is 0 Å². The first-order chi connectivity index (χ1) is 9.17. The molecule has 1 fully saturated rings. The molecule has 0 radical (unpaired) electrons. The summed E-state index contributed by atoms with van der Waals surface area (Å²) in [6.45, 7) is 0. The maximum atomic E-state index is 7.45. The maximum Gasteiger partial charge on any atom is 0.0911 e. The number of nitrogens with one attached hydrogen (secondary N) is 1. The summed E-state index contributed by atoms with van der Waals surface area (Å²) in [5.41, 5.74) is 5.84. The molecule has 0 heterocycles. The van der Waals surface area contributed by atoms with Crippen LogP contribution in [0.2, 0.25) is 0 Å². The molecule has 0 saturated heterocycles. The lowest BCUT2D eigenvalue weighted by atomic mass is 10.1. The van der Waals surface area contributed by atoms with Crippen LogP contribution < -0.4 is 5.73 Å². The van der Waals surface area contributed by atoms with Crippen molar-refractivity contribution in [1.29, 1.82) is 5.41 Å². The molecule has 0 unspecified atom stereocenters. The molecule has 0 amide bonds. The summed E-state index contributed by atoms with van der Waals surface area (Å²) < 4.78 is 0. The second-order valence-electron chi connectivity index (χ2n) is 5.50. The molecule has 2 aromatic rings. The van der Waals surface area contributed by atoms with Gasteiger partial charge in [-0.15, -0.1) is 11.8 Å². The fraction of sp³-hybridized carbons (Fsp3) is 0.312. The van der Waals surface area contributed by atoms with Crippen LogP contribution in [0.15, 0.2) is 47.4 Å². The molecule has 2 nitrogen and oxygen atoms in total. The highest BCUT2D eigenvalue weighted by atomic mass is 32.2. The van der Waals surface area contributed by atoms with Gasteiger partial charge in [0.1, 0.15) is 0 Å². The average Bonchev–Trinajstić information content (AvgIpc) is 3.15. The Morgan fingerprint density at radius 3 is 2.58 bits per heavy atom. The molecule has 1 aliphatic carbocycles. The van der Waals surface area contributed by atoms with Crippen LogP contribution in [-0.4, -0.2) is 11.6 Å². The zero-order valence-electron chi connectivity index (χ0n) is 10.9. The normalized spacial score (nSPS) is 16.4. The lowest BCUT2D eigenvalue weighted by Gasteiger charge is -2.13. The monoisotopic (exact) mass is 270 g/mol. The number of benzene rings is 2. The van der Waals surface area contributed by atoms with Crippen molar-refractivity contribution in [3.8, 4) is 0 Å². The molecular weight excluding hydrogens is 252 g/mol. The molecule has 1 saturated carbocycles. The van der Waals surface area contributed by atoms with Crippen LogP contribution in [0.25, 0.3) is 10.8 Å². The van der Waals surface area contributed by atoms with Crippen molar-refractivity contribution in [1.82, 2.24) is 0 Å². The second kappa shape index (κ2) is 4.89. The van der Waals surface area contributed by atoms with Gasteiger partial charge in [0.2, 0.25) is 0 Å². The fourth-order valence-electron chi connectivity index (χ4n) is 2.45. The maximum absolute atomic E-state index is 7.45. The van der Waals surface area contributed by atoms with Crippen LogP contribution >= 0.6 is 11.8 Å². The number of hydrogen-bond acceptors (Lipinski definition) is 2. The van der Waals surface area contributed by atoms with E-state index >= 15 is 0 Å². The summed E-state index contributed by atoms with van der Waals surface area (Å²) in [6, 6.07) is 15.1. The highest BCUT2D eigenvalue weighted by molar-refractivity contribution is 7.99. The number of nitrogens with two attached hydrogens (primary N) is 1. The van der Waals surface area contributed by atoms with Crippen molar-refractivity contribution in [2.45, 2.75) is 24.2 Å². The van der Waals surface area contributed by atoms with Gasteiger partial charge in [0.25, 0.3) is 0 Å². The van der Waals surface area contributed by atoms with Crippen molar-refractivity contribution in [3.05, 3.63) is 42.5 Å². The van der Waals surface area contributed by atoms with Crippen LogP contribution in [-0.2, 0) is 0 Å². The predicted octanol–water partition coefficient (Wildman–Crippen LogP) is 4.04. The quantitative estimate of drug-likeness (QED) is 0.489. The molecule has 0 aliphatic heterocycles. The Labute approximate surface area is 117 Å². The largest absolute Gasteiger partial charge is 0.388 e. The van der Waals surface area contributed by atoms with Gasteiger partial charge in [-0.1, -0.05) is 30.3 Å². The molecule has 0 spiro atoms. The standard InChI is InChI=1S/C16H18N2S/c17-15(18)10-16(7-8-16)11-19-14-6-5-12-3-1-2-4-13(12)9-14/h1-6,9H,7-8,10-11H2,(H3,17,18). The fourth-order valence-corrected chi connectivity index (χ4v) is 3.68. The van der Waals surface area contributed by atoms with Crippen molar-refractivity contribution in [2.75, 3.05) is 5.75 Å². The van der Waals surface area contributed by atoms with Crippen LogP contribution in [0.5, 0.6) is 0 Å². The first-order valence-electron chi connectivity index (χ1n) is 6.61. The minimum atomic E-state index is 0.308. The molecule has 2 aromatic carbocycles. The predicted molar refractivity (Wildman–Crippen MR) is 82.9 cm³/mol. The molecule has 1 aliphatic rings. The van der Waals surface area contributed by atoms with Gasteiger partial charge >= 0.3 is 0 Å². The van der Waals surface area contributed by atoms with Crippen LogP contribution in [0, 0.1) is 10.8 Å². The summed E-state index contributed by atoms with van der Waals surface area (Å²) in [6.07, 6.45) is 3.19. The molecule has 0 aromatic heterocycles. The van der Waals surface area contributed by atoms with Crippen molar-refractivity contribution in [2.24, 2.45) is 11.1 Å². The van der Waals surface area contributed by atoms with Crippen molar-refractivity contribution in [3.63, 3.8) is 0 Å². The highest BCUT2D eigenvalue weighted by Crippen LogP contribution is 2.51. The third-order valence-corrected chi connectivity index (χ3v) is 5.13. The zero-order valence-corrected chi connectivity index (χ0v) is 11.7. The number of rotatable bonds is 5. The van der Waals surface area contributed by atoms with Crippen LogP contribution in [0.1, 0.15) is 19.3 Å². The first kappa shape index (κ1) is 12.5. The van der Waals surface area contributed by atoms with E-state index in [9.17, 15) is 0 Å². The average molecular weight is 270 g/mol. The number of amidine groups is 1. The number of thioether (sulfide) groups is 1. The summed E-state index contributed by atoms with van der Waals surface area (Å²) in [7, 11) is 0. The van der Waals surface area contributed by atoms with E-state index in [0.717, 1.165) is 12.2 Å². The molecular formula is C16H18N2S. The van der Waals surface area contributed by atoms with Crippen molar-refractivity contribution >= 4 is 28.4 Å². The van der Waals surface area contributed by atoms with Gasteiger partial charge in [-0.2, -0.15) is 0 Å². The number of fused-ring (bicyclic) bond motifs is 1. The van der Waals surface area contributed by atoms with E-state index in [0.29, 0.717) is 11.3 Å². The third kappa shape index (κ3) is 2.92. The zero-order chi connectivity index (χ0) is 13.3. The minimum Gasteiger partial charge on any atom is -0.388 e. The molecule has 0 atom stereocenters. The van der Waals surface area contributed by atoms with Crippen LogP contribution in [0.4, 0.5) is 0 Å². The summed E-state index contributed by atoms with van der Waals surface area (Å²) in [5.74, 6) is 1.40. The minimum absolute atomic E-state index is 0.308. The molecule has 3 N–H and O–H groups in total. The lowest BCUT2D eigenvalue weighted by molar-refractivity contribution is 0.612. The molecule has 3 rings (SSSR count). The Balaban J connectivity index is 1.70. The Hall–Kier alpha value is -1.48. The lowest BCUT2D eigenvalue weighted by Crippen LogP contribution is -2.18. The van der Waals surface area contributed by atoms with E-state index in [4.69, 9.17) is 11.1 Å².